The molecule has 200 valence electrons. The van der Waals surface area contributed by atoms with Crippen molar-refractivity contribution in [3.8, 4) is 0 Å². The molecule has 3 aromatic rings. The summed E-state index contributed by atoms with van der Waals surface area (Å²) in [6, 6.07) is 4.82. The van der Waals surface area contributed by atoms with Gasteiger partial charge in [0.15, 0.2) is 11.2 Å². The molecule has 6 N–H and O–H groups in total. The van der Waals surface area contributed by atoms with Crippen molar-refractivity contribution in [2.24, 2.45) is 5.92 Å². The average molecular weight is 526 g/mol. The lowest BCUT2D eigenvalue weighted by atomic mass is 10.1. The number of fused-ring (bicyclic) bond motifs is 1. The lowest BCUT2D eigenvalue weighted by Gasteiger charge is -2.14. The summed E-state index contributed by atoms with van der Waals surface area (Å²) in [5, 5.41) is 14.9. The van der Waals surface area contributed by atoms with Crippen molar-refractivity contribution < 1.29 is 29.0 Å². The third-order valence-electron chi connectivity index (χ3n) is 5.15. The summed E-state index contributed by atoms with van der Waals surface area (Å²) in [5.41, 5.74) is 6.44. The number of nitrogens with zero attached hydrogens (tertiary/aromatic N) is 3. The van der Waals surface area contributed by atoms with Crippen LogP contribution in [0.25, 0.3) is 11.2 Å². The number of aromatic amines is 1. The molecule has 14 heteroatoms. The fraction of sp³-hybridized carbons (Fsp3) is 0.333. The van der Waals surface area contributed by atoms with Gasteiger partial charge in [0.25, 0.3) is 11.5 Å². The monoisotopic (exact) mass is 525 g/mol. The molecule has 38 heavy (non-hydrogen) atoms. The Labute approximate surface area is 216 Å². The maximum Gasteiger partial charge on any atom is 0.326 e. The van der Waals surface area contributed by atoms with Crippen LogP contribution in [0.15, 0.2) is 35.3 Å². The Morgan fingerprint density at radius 2 is 1.82 bits per heavy atom. The number of ether oxygens (including phenoxy) is 1. The van der Waals surface area contributed by atoms with Crippen molar-refractivity contribution in [3.63, 3.8) is 0 Å². The molecule has 0 spiro atoms. The molecule has 3 rings (SSSR count). The Kier molecular flexibility index (Phi) is 9.03. The Bertz CT molecular complexity index is 1400. The Balaban J connectivity index is 1.54. The first-order valence-corrected chi connectivity index (χ1v) is 11.6. The number of hydrogen-bond donors (Lipinski definition) is 5. The van der Waals surface area contributed by atoms with Gasteiger partial charge in [0.1, 0.15) is 6.04 Å². The SMILES string of the molecule is CC(C)CC(=O)OC(=O)CC[C@H](NC(=O)c1ccc(NCc2cnc3nc(N)[nH]c(=O)c3n2)cc1)C(=O)O. The number of amides is 1. The second-order valence-electron chi connectivity index (χ2n) is 8.76. The molecule has 0 saturated heterocycles. The van der Waals surface area contributed by atoms with Crippen LogP contribution in [0.3, 0.4) is 0 Å². The number of aromatic nitrogens is 4. The number of esters is 2. The van der Waals surface area contributed by atoms with Crippen LogP contribution < -0.4 is 21.9 Å². The zero-order valence-electron chi connectivity index (χ0n) is 20.7. The number of anilines is 2. The molecule has 0 aliphatic heterocycles. The van der Waals surface area contributed by atoms with Gasteiger partial charge in [-0.1, -0.05) is 13.8 Å². The molecule has 2 heterocycles. The Hall–Kier alpha value is -4.88. The number of carbonyl (C=O) groups is 4. The van der Waals surface area contributed by atoms with Gasteiger partial charge in [0, 0.05) is 24.1 Å². The van der Waals surface area contributed by atoms with Crippen molar-refractivity contribution in [2.75, 3.05) is 11.1 Å². The van der Waals surface area contributed by atoms with Crippen molar-refractivity contribution in [1.29, 1.82) is 0 Å². The van der Waals surface area contributed by atoms with Crippen LogP contribution in [-0.2, 0) is 25.7 Å². The van der Waals surface area contributed by atoms with E-state index < -0.39 is 35.4 Å². The Morgan fingerprint density at radius 3 is 2.47 bits per heavy atom. The molecule has 0 unspecified atom stereocenters. The number of nitrogen functional groups attached to an aromatic ring is 1. The third kappa shape index (κ3) is 7.81. The smallest absolute Gasteiger partial charge is 0.326 e. The van der Waals surface area contributed by atoms with Crippen LogP contribution in [-0.4, -0.2) is 54.9 Å². The van der Waals surface area contributed by atoms with Crippen LogP contribution in [0.1, 0.15) is 49.2 Å². The second-order valence-corrected chi connectivity index (χ2v) is 8.76. The molecular formula is C24H27N7O7. The van der Waals surface area contributed by atoms with E-state index in [-0.39, 0.29) is 54.4 Å². The molecule has 2 aromatic heterocycles. The number of carboxylic acid groups (broad SMARTS) is 1. The number of hydrogen-bond acceptors (Lipinski definition) is 11. The highest BCUT2D eigenvalue weighted by Crippen LogP contribution is 2.13. The van der Waals surface area contributed by atoms with E-state index >= 15 is 0 Å². The summed E-state index contributed by atoms with van der Waals surface area (Å²) in [6.45, 7) is 3.81. The van der Waals surface area contributed by atoms with E-state index in [4.69, 9.17) is 5.73 Å². The second kappa shape index (κ2) is 12.4. The minimum atomic E-state index is -1.35. The number of nitrogens with one attached hydrogen (secondary N) is 3. The molecule has 0 saturated carbocycles. The summed E-state index contributed by atoms with van der Waals surface area (Å²) >= 11 is 0. The van der Waals surface area contributed by atoms with Gasteiger partial charge in [-0.05, 0) is 36.6 Å². The number of rotatable bonds is 11. The highest BCUT2D eigenvalue weighted by Gasteiger charge is 2.23. The quantitative estimate of drug-likeness (QED) is 0.175. The lowest BCUT2D eigenvalue weighted by Crippen LogP contribution is -2.41. The fourth-order valence-corrected chi connectivity index (χ4v) is 3.30. The highest BCUT2D eigenvalue weighted by atomic mass is 16.6. The predicted octanol–water partition coefficient (Wildman–Crippen LogP) is 0.987. The maximum absolute atomic E-state index is 12.5. The molecule has 1 atom stereocenters. The van der Waals surface area contributed by atoms with Gasteiger partial charge in [0.05, 0.1) is 18.4 Å². The van der Waals surface area contributed by atoms with E-state index in [1.165, 1.54) is 18.3 Å². The summed E-state index contributed by atoms with van der Waals surface area (Å²) in [4.78, 5) is 74.1. The van der Waals surface area contributed by atoms with E-state index in [0.29, 0.717) is 11.4 Å². The summed E-state index contributed by atoms with van der Waals surface area (Å²) in [5.74, 6) is -3.56. The fourth-order valence-electron chi connectivity index (χ4n) is 3.30. The van der Waals surface area contributed by atoms with E-state index in [2.05, 4.69) is 35.3 Å². The number of nitrogens with two attached hydrogens (primary N) is 1. The summed E-state index contributed by atoms with van der Waals surface area (Å²) in [6.07, 6.45) is 0.923. The van der Waals surface area contributed by atoms with Crippen molar-refractivity contribution >= 4 is 46.6 Å². The van der Waals surface area contributed by atoms with Gasteiger partial charge in [-0.25, -0.2) is 14.8 Å². The summed E-state index contributed by atoms with van der Waals surface area (Å²) in [7, 11) is 0. The van der Waals surface area contributed by atoms with Crippen LogP contribution in [0.2, 0.25) is 0 Å². The molecule has 0 radical (unpaired) electrons. The standard InChI is InChI=1S/C24H27N7O7/c1-12(2)9-18(33)38-17(32)8-7-16(23(36)37)29-21(34)13-3-5-14(6-4-13)26-10-15-11-27-20-19(28-15)22(35)31-24(25)30-20/h3-6,11-12,16,26H,7-10H2,1-2H3,(H,29,34)(H,36,37)(H3,25,27,30,31,35)/t16-/m0/s1. The van der Waals surface area contributed by atoms with E-state index in [9.17, 15) is 29.1 Å². The van der Waals surface area contributed by atoms with Gasteiger partial charge < -0.3 is 26.2 Å². The first-order valence-electron chi connectivity index (χ1n) is 11.6. The number of aliphatic carboxylic acids is 1. The minimum absolute atomic E-state index is 0.0129. The summed E-state index contributed by atoms with van der Waals surface area (Å²) < 4.78 is 4.66. The molecular weight excluding hydrogens is 498 g/mol. The first kappa shape index (κ1) is 27.7. The Morgan fingerprint density at radius 1 is 1.11 bits per heavy atom. The molecule has 0 aliphatic rings. The van der Waals surface area contributed by atoms with Crippen LogP contribution in [0.4, 0.5) is 11.6 Å². The van der Waals surface area contributed by atoms with Crippen molar-refractivity contribution in [3.05, 3.63) is 52.1 Å². The van der Waals surface area contributed by atoms with Crippen molar-refractivity contribution in [1.82, 2.24) is 25.3 Å². The molecule has 0 fully saturated rings. The lowest BCUT2D eigenvalue weighted by molar-refractivity contribution is -0.160. The van der Waals surface area contributed by atoms with Gasteiger partial charge in [-0.2, -0.15) is 4.98 Å². The highest BCUT2D eigenvalue weighted by molar-refractivity contribution is 5.97. The van der Waals surface area contributed by atoms with E-state index in [0.717, 1.165) is 0 Å². The van der Waals surface area contributed by atoms with E-state index in [1.54, 1.807) is 26.0 Å². The number of H-pyrrole nitrogens is 1. The number of benzene rings is 1. The largest absolute Gasteiger partial charge is 0.480 e. The van der Waals surface area contributed by atoms with Gasteiger partial charge >= 0.3 is 17.9 Å². The zero-order chi connectivity index (χ0) is 27.8. The number of carboxylic acids is 1. The van der Waals surface area contributed by atoms with Crippen LogP contribution >= 0.6 is 0 Å². The number of carbonyl (C=O) groups excluding carboxylic acids is 3. The third-order valence-corrected chi connectivity index (χ3v) is 5.15. The predicted molar refractivity (Wildman–Crippen MR) is 135 cm³/mol. The van der Waals surface area contributed by atoms with Gasteiger partial charge in [-0.3, -0.25) is 24.2 Å². The van der Waals surface area contributed by atoms with Crippen molar-refractivity contribution in [2.45, 2.75) is 45.7 Å². The van der Waals surface area contributed by atoms with E-state index in [1.807, 2.05) is 0 Å². The topological polar surface area (TPSA) is 219 Å². The molecule has 0 bridgehead atoms. The van der Waals surface area contributed by atoms with Gasteiger partial charge in [0.2, 0.25) is 5.95 Å². The average Bonchev–Trinajstić information content (AvgIpc) is 2.84. The van der Waals surface area contributed by atoms with Crippen LogP contribution in [0.5, 0.6) is 0 Å². The first-order chi connectivity index (χ1) is 18.0. The van der Waals surface area contributed by atoms with Gasteiger partial charge in [-0.15, -0.1) is 0 Å². The molecule has 1 aromatic carbocycles. The van der Waals surface area contributed by atoms with Crippen LogP contribution in [0, 0.1) is 5.92 Å². The zero-order valence-corrected chi connectivity index (χ0v) is 20.7. The molecule has 14 nitrogen and oxygen atoms in total. The maximum atomic E-state index is 12.5. The minimum Gasteiger partial charge on any atom is -0.480 e. The molecule has 1 amide bonds. The molecule has 0 aliphatic carbocycles. The normalized spacial score (nSPS) is 11.7.